The van der Waals surface area contributed by atoms with Crippen molar-refractivity contribution in [2.24, 2.45) is 5.92 Å². The lowest BCUT2D eigenvalue weighted by Crippen LogP contribution is -2.53. The van der Waals surface area contributed by atoms with Crippen LogP contribution in [-0.4, -0.2) is 44.3 Å². The molecular weight excluding hydrogens is 260 g/mol. The number of hydrogen-bond donors (Lipinski definition) is 1. The van der Waals surface area contributed by atoms with E-state index in [0.29, 0.717) is 12.1 Å². The quantitative estimate of drug-likeness (QED) is 0.781. The summed E-state index contributed by atoms with van der Waals surface area (Å²) >= 11 is 0. The van der Waals surface area contributed by atoms with Gasteiger partial charge >= 0.3 is 0 Å². The van der Waals surface area contributed by atoms with E-state index in [1.54, 1.807) is 7.11 Å². The van der Waals surface area contributed by atoms with Gasteiger partial charge in [0.2, 0.25) is 0 Å². The molecule has 3 nitrogen and oxygen atoms in total. The molecule has 0 bridgehead atoms. The number of piperazine rings is 1. The third-order valence-corrected chi connectivity index (χ3v) is 4.27. The van der Waals surface area contributed by atoms with Gasteiger partial charge < -0.3 is 10.1 Å². The largest absolute Gasteiger partial charge is 0.385 e. The predicted octanol–water partition coefficient (Wildman–Crippen LogP) is 3.08. The molecule has 0 aliphatic carbocycles. The summed E-state index contributed by atoms with van der Waals surface area (Å²) in [6.07, 6.45) is 2.38. The van der Waals surface area contributed by atoms with E-state index in [1.807, 2.05) is 0 Å². The molecule has 0 amide bonds. The van der Waals surface area contributed by atoms with Crippen LogP contribution in [0, 0.1) is 5.92 Å². The van der Waals surface area contributed by atoms with Crippen molar-refractivity contribution in [2.75, 3.05) is 33.4 Å². The van der Waals surface area contributed by atoms with Crippen LogP contribution in [0.15, 0.2) is 30.3 Å². The molecule has 2 atom stereocenters. The minimum Gasteiger partial charge on any atom is -0.385 e. The molecule has 0 saturated carbocycles. The second-order valence-electron chi connectivity index (χ2n) is 6.50. The number of nitrogens with one attached hydrogen (secondary N) is 1. The lowest BCUT2D eigenvalue weighted by molar-refractivity contribution is 0.0979. The van der Waals surface area contributed by atoms with E-state index in [4.69, 9.17) is 4.74 Å². The van der Waals surface area contributed by atoms with Gasteiger partial charge in [-0.15, -0.1) is 0 Å². The Bertz CT molecular complexity index is 393. The fraction of sp³-hybridized carbons (Fsp3) is 0.667. The highest BCUT2D eigenvalue weighted by molar-refractivity contribution is 5.20. The van der Waals surface area contributed by atoms with Crippen molar-refractivity contribution < 1.29 is 4.74 Å². The highest BCUT2D eigenvalue weighted by atomic mass is 16.5. The van der Waals surface area contributed by atoms with Crippen molar-refractivity contribution >= 4 is 0 Å². The molecule has 1 fully saturated rings. The summed E-state index contributed by atoms with van der Waals surface area (Å²) in [7, 11) is 1.79. The zero-order valence-corrected chi connectivity index (χ0v) is 13.7. The van der Waals surface area contributed by atoms with Gasteiger partial charge in [-0.25, -0.2) is 0 Å². The molecule has 0 radical (unpaired) electrons. The minimum atomic E-state index is 0.456. The van der Waals surface area contributed by atoms with Crippen LogP contribution in [0.25, 0.3) is 0 Å². The maximum Gasteiger partial charge on any atom is 0.0474 e. The normalized spacial score (nSPS) is 23.6. The Morgan fingerprint density at radius 2 is 2.05 bits per heavy atom. The molecule has 1 aliphatic rings. The average molecular weight is 290 g/mol. The molecule has 2 unspecified atom stereocenters. The van der Waals surface area contributed by atoms with Crippen LogP contribution >= 0.6 is 0 Å². The highest BCUT2D eigenvalue weighted by Gasteiger charge is 2.28. The second-order valence-corrected chi connectivity index (χ2v) is 6.50. The van der Waals surface area contributed by atoms with Crippen molar-refractivity contribution in [1.82, 2.24) is 10.2 Å². The molecule has 1 heterocycles. The Morgan fingerprint density at radius 3 is 2.71 bits per heavy atom. The first-order chi connectivity index (χ1) is 10.2. The average Bonchev–Trinajstić information content (AvgIpc) is 2.49. The zero-order valence-electron chi connectivity index (χ0n) is 13.7. The van der Waals surface area contributed by atoms with E-state index in [1.165, 1.54) is 12.0 Å². The maximum atomic E-state index is 5.22. The third-order valence-electron chi connectivity index (χ3n) is 4.27. The number of ether oxygens (including phenoxy) is 1. The Kier molecular flexibility index (Phi) is 6.68. The molecule has 1 saturated heterocycles. The molecule has 2 rings (SSSR count). The molecule has 118 valence electrons. The topological polar surface area (TPSA) is 24.5 Å². The van der Waals surface area contributed by atoms with E-state index >= 15 is 0 Å². The molecule has 21 heavy (non-hydrogen) atoms. The van der Waals surface area contributed by atoms with Crippen LogP contribution in [0.1, 0.15) is 38.3 Å². The van der Waals surface area contributed by atoms with Crippen molar-refractivity contribution in [3.8, 4) is 0 Å². The van der Waals surface area contributed by atoms with Crippen LogP contribution in [0.3, 0.4) is 0 Å². The standard InChI is InChI=1S/C18H30N2O/c1-15(2)12-17-13-19-18(16-8-5-4-6-9-16)14-20(17)10-7-11-21-3/h4-6,8-9,15,17-19H,7,10-14H2,1-3H3. The molecule has 1 aromatic rings. The highest BCUT2D eigenvalue weighted by Crippen LogP contribution is 2.23. The smallest absolute Gasteiger partial charge is 0.0474 e. The number of methoxy groups -OCH3 is 1. The van der Waals surface area contributed by atoms with E-state index in [2.05, 4.69) is 54.4 Å². The van der Waals surface area contributed by atoms with Gasteiger partial charge in [0.1, 0.15) is 0 Å². The Morgan fingerprint density at radius 1 is 1.29 bits per heavy atom. The number of hydrogen-bond acceptors (Lipinski definition) is 3. The van der Waals surface area contributed by atoms with Gasteiger partial charge in [0, 0.05) is 45.4 Å². The minimum absolute atomic E-state index is 0.456. The van der Waals surface area contributed by atoms with Crippen LogP contribution < -0.4 is 5.32 Å². The second kappa shape index (κ2) is 8.52. The maximum absolute atomic E-state index is 5.22. The summed E-state index contributed by atoms with van der Waals surface area (Å²) < 4.78 is 5.22. The number of benzene rings is 1. The van der Waals surface area contributed by atoms with Gasteiger partial charge in [0.25, 0.3) is 0 Å². The molecule has 0 spiro atoms. The van der Waals surface area contributed by atoms with Gasteiger partial charge in [0.15, 0.2) is 0 Å². The van der Waals surface area contributed by atoms with Crippen molar-refractivity contribution in [1.29, 1.82) is 0 Å². The Hall–Kier alpha value is -0.900. The molecular formula is C18H30N2O. The van der Waals surface area contributed by atoms with Gasteiger partial charge in [-0.05, 0) is 24.3 Å². The van der Waals surface area contributed by atoms with E-state index in [9.17, 15) is 0 Å². The first-order valence-corrected chi connectivity index (χ1v) is 8.22. The Labute approximate surface area is 129 Å². The molecule has 1 aromatic carbocycles. The summed E-state index contributed by atoms with van der Waals surface area (Å²) in [4.78, 5) is 2.66. The van der Waals surface area contributed by atoms with Gasteiger partial charge in [0.05, 0.1) is 0 Å². The van der Waals surface area contributed by atoms with Crippen molar-refractivity contribution in [3.63, 3.8) is 0 Å². The summed E-state index contributed by atoms with van der Waals surface area (Å²) in [6.45, 7) is 8.81. The van der Waals surface area contributed by atoms with E-state index < -0.39 is 0 Å². The van der Waals surface area contributed by atoms with Gasteiger partial charge in [-0.1, -0.05) is 44.2 Å². The Balaban J connectivity index is 1.98. The summed E-state index contributed by atoms with van der Waals surface area (Å²) in [5.41, 5.74) is 1.40. The predicted molar refractivity (Wildman–Crippen MR) is 88.5 cm³/mol. The fourth-order valence-corrected chi connectivity index (χ4v) is 3.23. The van der Waals surface area contributed by atoms with E-state index in [0.717, 1.165) is 38.6 Å². The lowest BCUT2D eigenvalue weighted by atomic mass is 9.96. The van der Waals surface area contributed by atoms with Gasteiger partial charge in [-0.2, -0.15) is 0 Å². The summed E-state index contributed by atoms with van der Waals surface area (Å²) in [6, 6.07) is 11.9. The first kappa shape index (κ1) is 16.5. The van der Waals surface area contributed by atoms with Crippen LogP contribution in [0.5, 0.6) is 0 Å². The van der Waals surface area contributed by atoms with Crippen LogP contribution in [0.2, 0.25) is 0 Å². The fourth-order valence-electron chi connectivity index (χ4n) is 3.23. The number of nitrogens with zero attached hydrogens (tertiary/aromatic N) is 1. The first-order valence-electron chi connectivity index (χ1n) is 8.22. The molecule has 3 heteroatoms. The van der Waals surface area contributed by atoms with Crippen LogP contribution in [-0.2, 0) is 4.74 Å². The molecule has 1 aliphatic heterocycles. The summed E-state index contributed by atoms with van der Waals surface area (Å²) in [5.74, 6) is 0.745. The SMILES string of the molecule is COCCCN1CC(c2ccccc2)NCC1CC(C)C. The van der Waals surface area contributed by atoms with Gasteiger partial charge in [-0.3, -0.25) is 4.90 Å². The molecule has 1 N–H and O–H groups in total. The third kappa shape index (κ3) is 5.10. The number of rotatable bonds is 7. The molecule has 0 aromatic heterocycles. The lowest BCUT2D eigenvalue weighted by Gasteiger charge is -2.41. The monoisotopic (exact) mass is 290 g/mol. The van der Waals surface area contributed by atoms with E-state index in [-0.39, 0.29) is 0 Å². The van der Waals surface area contributed by atoms with Crippen molar-refractivity contribution in [2.45, 2.75) is 38.8 Å². The van der Waals surface area contributed by atoms with Crippen LogP contribution in [0.4, 0.5) is 0 Å². The summed E-state index contributed by atoms with van der Waals surface area (Å²) in [5, 5.41) is 3.74. The van der Waals surface area contributed by atoms with Crippen molar-refractivity contribution in [3.05, 3.63) is 35.9 Å². The zero-order chi connectivity index (χ0) is 15.1.